The molecular weight excluding hydrogens is 264 g/mol. The number of aromatic amines is 1. The number of fused-ring (bicyclic) bond motifs is 1. The van der Waals surface area contributed by atoms with Gasteiger partial charge in [-0.15, -0.1) is 0 Å². The number of H-pyrrole nitrogens is 1. The minimum absolute atomic E-state index is 0.297. The molecule has 19 heavy (non-hydrogen) atoms. The minimum atomic E-state index is -0.297. The van der Waals surface area contributed by atoms with Gasteiger partial charge in [0.05, 0.1) is 27.5 Å². The van der Waals surface area contributed by atoms with Crippen molar-refractivity contribution in [2.45, 2.75) is 13.8 Å². The Balaban J connectivity index is 2.42. The second kappa shape index (κ2) is 4.20. The van der Waals surface area contributed by atoms with E-state index in [2.05, 4.69) is 15.3 Å². The fraction of sp³-hybridized carbons (Fsp3) is 0.154. The number of aryl methyl sites for hydroxylation is 2. The molecule has 0 spiro atoms. The average Bonchev–Trinajstić information content (AvgIpc) is 2.74. The molecule has 2 heterocycles. The zero-order valence-electron chi connectivity index (χ0n) is 10.4. The predicted molar refractivity (Wildman–Crippen MR) is 74.0 cm³/mol. The molecule has 0 bridgehead atoms. The van der Waals surface area contributed by atoms with Crippen molar-refractivity contribution in [3.8, 4) is 5.69 Å². The lowest BCUT2D eigenvalue weighted by molar-refractivity contribution is 0.858. The Morgan fingerprint density at radius 1 is 1.26 bits per heavy atom. The third kappa shape index (κ3) is 1.74. The van der Waals surface area contributed by atoms with E-state index in [0.717, 1.165) is 22.5 Å². The van der Waals surface area contributed by atoms with Crippen LogP contribution >= 0.6 is 11.6 Å². The molecule has 5 nitrogen and oxygen atoms in total. The van der Waals surface area contributed by atoms with Crippen LogP contribution in [-0.4, -0.2) is 20.0 Å². The molecule has 96 valence electrons. The van der Waals surface area contributed by atoms with Crippen molar-refractivity contribution < 1.29 is 0 Å². The molecule has 0 saturated heterocycles. The summed E-state index contributed by atoms with van der Waals surface area (Å²) in [5.74, 6) is 0. The van der Waals surface area contributed by atoms with Crippen LogP contribution < -0.4 is 5.56 Å². The SMILES string of the molecule is Cc1n[nH]c(=O)c2nn(-c3ccccc3Cl)c(C)c12. The third-order valence-electron chi connectivity index (χ3n) is 3.10. The van der Waals surface area contributed by atoms with E-state index in [1.54, 1.807) is 10.7 Å². The Kier molecular flexibility index (Phi) is 2.64. The summed E-state index contributed by atoms with van der Waals surface area (Å²) in [5.41, 5.74) is 2.42. The number of hydrogen-bond acceptors (Lipinski definition) is 3. The number of benzene rings is 1. The number of nitrogens with zero attached hydrogens (tertiary/aromatic N) is 3. The highest BCUT2D eigenvalue weighted by Crippen LogP contribution is 2.25. The van der Waals surface area contributed by atoms with Gasteiger partial charge < -0.3 is 0 Å². The second-order valence-corrected chi connectivity index (χ2v) is 4.72. The van der Waals surface area contributed by atoms with Gasteiger partial charge in [-0.05, 0) is 26.0 Å². The molecule has 3 aromatic rings. The Morgan fingerprint density at radius 2 is 2.00 bits per heavy atom. The van der Waals surface area contributed by atoms with Gasteiger partial charge in [0.15, 0.2) is 5.52 Å². The van der Waals surface area contributed by atoms with Crippen molar-refractivity contribution in [3.05, 3.63) is 51.0 Å². The van der Waals surface area contributed by atoms with E-state index in [1.165, 1.54) is 0 Å². The average molecular weight is 275 g/mol. The van der Waals surface area contributed by atoms with Crippen LogP contribution in [0.15, 0.2) is 29.1 Å². The van der Waals surface area contributed by atoms with Crippen molar-refractivity contribution in [3.63, 3.8) is 0 Å². The van der Waals surface area contributed by atoms with Gasteiger partial charge >= 0.3 is 0 Å². The summed E-state index contributed by atoms with van der Waals surface area (Å²) >= 11 is 6.18. The first kappa shape index (κ1) is 11.9. The van der Waals surface area contributed by atoms with Crippen LogP contribution in [0.3, 0.4) is 0 Å². The zero-order chi connectivity index (χ0) is 13.6. The van der Waals surface area contributed by atoms with Crippen LogP contribution in [0.1, 0.15) is 11.4 Å². The lowest BCUT2D eigenvalue weighted by atomic mass is 10.2. The first-order valence-electron chi connectivity index (χ1n) is 5.79. The van der Waals surface area contributed by atoms with E-state index in [9.17, 15) is 4.79 Å². The molecule has 0 aliphatic rings. The maximum atomic E-state index is 11.8. The Hall–Kier alpha value is -2.14. The summed E-state index contributed by atoms with van der Waals surface area (Å²) in [5, 5.41) is 12.1. The van der Waals surface area contributed by atoms with E-state index in [-0.39, 0.29) is 5.56 Å². The predicted octanol–water partition coefficient (Wildman–Crippen LogP) is 2.38. The molecule has 1 aromatic carbocycles. The lowest BCUT2D eigenvalue weighted by Gasteiger charge is -2.05. The van der Waals surface area contributed by atoms with Crippen molar-refractivity contribution in [1.82, 2.24) is 20.0 Å². The Bertz CT molecular complexity index is 834. The van der Waals surface area contributed by atoms with Crippen LogP contribution in [0, 0.1) is 13.8 Å². The van der Waals surface area contributed by atoms with E-state index in [1.807, 2.05) is 32.0 Å². The summed E-state index contributed by atoms with van der Waals surface area (Å²) in [4.78, 5) is 11.8. The van der Waals surface area contributed by atoms with Crippen LogP contribution in [-0.2, 0) is 0 Å². The summed E-state index contributed by atoms with van der Waals surface area (Å²) in [7, 11) is 0. The van der Waals surface area contributed by atoms with Crippen LogP contribution in [0.5, 0.6) is 0 Å². The number of rotatable bonds is 1. The van der Waals surface area contributed by atoms with Gasteiger partial charge in [0.1, 0.15) is 0 Å². The minimum Gasteiger partial charge on any atom is -0.265 e. The normalized spacial score (nSPS) is 11.1. The summed E-state index contributed by atoms with van der Waals surface area (Å²) in [6, 6.07) is 7.38. The topological polar surface area (TPSA) is 63.6 Å². The summed E-state index contributed by atoms with van der Waals surface area (Å²) in [6.07, 6.45) is 0. The molecule has 0 fully saturated rings. The summed E-state index contributed by atoms with van der Waals surface area (Å²) in [6.45, 7) is 3.73. The number of halogens is 1. The van der Waals surface area contributed by atoms with Gasteiger partial charge in [0.2, 0.25) is 0 Å². The molecule has 3 rings (SSSR count). The van der Waals surface area contributed by atoms with E-state index in [0.29, 0.717) is 10.5 Å². The van der Waals surface area contributed by atoms with Crippen LogP contribution in [0.2, 0.25) is 5.02 Å². The number of para-hydroxylation sites is 1. The van der Waals surface area contributed by atoms with Gasteiger partial charge in [0.25, 0.3) is 5.56 Å². The van der Waals surface area contributed by atoms with Gasteiger partial charge in [0, 0.05) is 0 Å². The highest BCUT2D eigenvalue weighted by molar-refractivity contribution is 6.32. The molecular formula is C13H11ClN4O. The highest BCUT2D eigenvalue weighted by Gasteiger charge is 2.15. The lowest BCUT2D eigenvalue weighted by Crippen LogP contribution is -2.09. The molecule has 0 saturated carbocycles. The van der Waals surface area contributed by atoms with Crippen molar-refractivity contribution in [1.29, 1.82) is 0 Å². The van der Waals surface area contributed by atoms with E-state index in [4.69, 9.17) is 11.6 Å². The molecule has 0 aliphatic carbocycles. The molecule has 0 aliphatic heterocycles. The second-order valence-electron chi connectivity index (χ2n) is 4.31. The van der Waals surface area contributed by atoms with E-state index < -0.39 is 0 Å². The smallest absolute Gasteiger partial charge is 0.265 e. The molecule has 0 radical (unpaired) electrons. The fourth-order valence-corrected chi connectivity index (χ4v) is 2.41. The monoisotopic (exact) mass is 274 g/mol. The third-order valence-corrected chi connectivity index (χ3v) is 3.42. The first-order chi connectivity index (χ1) is 9.09. The quantitative estimate of drug-likeness (QED) is 0.741. The fourth-order valence-electron chi connectivity index (χ4n) is 2.20. The van der Waals surface area contributed by atoms with Crippen molar-refractivity contribution >= 4 is 22.5 Å². The molecule has 2 aromatic heterocycles. The van der Waals surface area contributed by atoms with Gasteiger partial charge in [-0.3, -0.25) is 4.79 Å². The first-order valence-corrected chi connectivity index (χ1v) is 6.17. The van der Waals surface area contributed by atoms with E-state index >= 15 is 0 Å². The number of hydrogen-bond donors (Lipinski definition) is 1. The van der Waals surface area contributed by atoms with Crippen LogP contribution in [0.4, 0.5) is 0 Å². The van der Waals surface area contributed by atoms with Crippen LogP contribution in [0.25, 0.3) is 16.6 Å². The van der Waals surface area contributed by atoms with Crippen molar-refractivity contribution in [2.75, 3.05) is 0 Å². The Morgan fingerprint density at radius 3 is 2.68 bits per heavy atom. The number of aromatic nitrogens is 4. The summed E-state index contributed by atoms with van der Waals surface area (Å²) < 4.78 is 1.68. The standard InChI is InChI=1S/C13H11ClN4O/c1-7-11-8(2)18(10-6-4-3-5-9(10)14)17-12(11)13(19)16-15-7/h3-6H,1-2H3,(H,16,19). The van der Waals surface area contributed by atoms with Crippen molar-refractivity contribution in [2.24, 2.45) is 0 Å². The zero-order valence-corrected chi connectivity index (χ0v) is 11.2. The van der Waals surface area contributed by atoms with Gasteiger partial charge in [-0.25, -0.2) is 9.78 Å². The highest BCUT2D eigenvalue weighted by atomic mass is 35.5. The van der Waals surface area contributed by atoms with Gasteiger partial charge in [-0.1, -0.05) is 23.7 Å². The maximum absolute atomic E-state index is 11.8. The molecule has 1 N–H and O–H groups in total. The van der Waals surface area contributed by atoms with Gasteiger partial charge in [-0.2, -0.15) is 10.2 Å². The number of nitrogens with one attached hydrogen (secondary N) is 1. The molecule has 6 heteroatoms. The molecule has 0 amide bonds. The largest absolute Gasteiger partial charge is 0.292 e. The Labute approximate surface area is 113 Å². The molecule has 0 atom stereocenters. The maximum Gasteiger partial charge on any atom is 0.292 e. The molecule has 0 unspecified atom stereocenters.